The van der Waals surface area contributed by atoms with Crippen LogP contribution < -0.4 is 25.0 Å². The lowest BCUT2D eigenvalue weighted by Gasteiger charge is -2.35. The van der Waals surface area contributed by atoms with Gasteiger partial charge in [0.1, 0.15) is 11.6 Å². The van der Waals surface area contributed by atoms with Crippen LogP contribution in [0.2, 0.25) is 0 Å². The number of benzene rings is 1. The number of anilines is 3. The van der Waals surface area contributed by atoms with Crippen molar-refractivity contribution in [2.24, 2.45) is 5.73 Å². The molecule has 3 aromatic rings. The van der Waals surface area contributed by atoms with Crippen molar-refractivity contribution < 1.29 is 17.9 Å². The molecule has 3 N–H and O–H groups in total. The zero-order valence-corrected chi connectivity index (χ0v) is 18.7. The Bertz CT molecular complexity index is 1230. The summed E-state index contributed by atoms with van der Waals surface area (Å²) in [6, 6.07) is 9.68. The third-order valence-corrected chi connectivity index (χ3v) is 6.55. The number of amides is 1. The zero-order valence-electron chi connectivity index (χ0n) is 17.9. The maximum atomic E-state index is 12.8. The third-order valence-electron chi connectivity index (χ3n) is 5.17. The number of hydrogen-bond donors (Lipinski definition) is 2. The Hall–Kier alpha value is -3.93. The van der Waals surface area contributed by atoms with Gasteiger partial charge in [0.05, 0.1) is 35.6 Å². The predicted molar refractivity (Wildman–Crippen MR) is 123 cm³/mol. The SMILES string of the molecule is COc1ccc(S(=O)(=O)Nc2cnc(N3CCN(c4ccccn4)CC3)nc2)cc1C(N)=O. The third kappa shape index (κ3) is 4.95. The van der Waals surface area contributed by atoms with Gasteiger partial charge in [0.15, 0.2) is 0 Å². The van der Waals surface area contributed by atoms with Crippen LogP contribution >= 0.6 is 0 Å². The van der Waals surface area contributed by atoms with Gasteiger partial charge < -0.3 is 20.3 Å². The highest BCUT2D eigenvalue weighted by Crippen LogP contribution is 2.24. The number of carbonyl (C=O) groups excluding carboxylic acids is 1. The van der Waals surface area contributed by atoms with Crippen LogP contribution in [0.15, 0.2) is 59.9 Å². The van der Waals surface area contributed by atoms with Crippen molar-refractivity contribution in [2.45, 2.75) is 4.90 Å². The molecule has 0 spiro atoms. The molecule has 1 fully saturated rings. The van der Waals surface area contributed by atoms with E-state index in [0.717, 1.165) is 18.9 Å². The largest absolute Gasteiger partial charge is 0.496 e. The number of nitrogens with two attached hydrogens (primary N) is 1. The lowest BCUT2D eigenvalue weighted by Crippen LogP contribution is -2.47. The lowest BCUT2D eigenvalue weighted by molar-refractivity contribution is 0.0997. The minimum Gasteiger partial charge on any atom is -0.496 e. The van der Waals surface area contributed by atoms with E-state index in [1.807, 2.05) is 23.1 Å². The first kappa shape index (κ1) is 22.3. The summed E-state index contributed by atoms with van der Waals surface area (Å²) in [7, 11) is -2.62. The molecular weight excluding hydrogens is 446 g/mol. The van der Waals surface area contributed by atoms with Gasteiger partial charge in [0.2, 0.25) is 5.95 Å². The molecule has 0 bridgehead atoms. The Morgan fingerprint density at radius 3 is 2.33 bits per heavy atom. The van der Waals surface area contributed by atoms with Crippen molar-refractivity contribution in [3.05, 3.63) is 60.6 Å². The second kappa shape index (κ2) is 9.28. The number of nitrogens with zero attached hydrogens (tertiary/aromatic N) is 5. The summed E-state index contributed by atoms with van der Waals surface area (Å²) < 4.78 is 33.0. The zero-order chi connectivity index (χ0) is 23.4. The van der Waals surface area contributed by atoms with Gasteiger partial charge in [-0.1, -0.05) is 6.07 Å². The van der Waals surface area contributed by atoms with Gasteiger partial charge in [-0.15, -0.1) is 0 Å². The maximum absolute atomic E-state index is 12.8. The second-order valence-electron chi connectivity index (χ2n) is 7.27. The Labute approximate surface area is 191 Å². The fourth-order valence-electron chi connectivity index (χ4n) is 3.47. The van der Waals surface area contributed by atoms with E-state index >= 15 is 0 Å². The fourth-order valence-corrected chi connectivity index (χ4v) is 4.53. The Morgan fingerprint density at radius 2 is 1.73 bits per heavy atom. The van der Waals surface area contributed by atoms with Crippen LogP contribution in [0, 0.1) is 0 Å². The van der Waals surface area contributed by atoms with Crippen molar-refractivity contribution >= 4 is 33.4 Å². The van der Waals surface area contributed by atoms with E-state index in [9.17, 15) is 13.2 Å². The van der Waals surface area contributed by atoms with Gasteiger partial charge in [-0.25, -0.2) is 23.4 Å². The number of rotatable bonds is 7. The van der Waals surface area contributed by atoms with E-state index in [0.29, 0.717) is 19.0 Å². The molecule has 1 amide bonds. The molecule has 2 aromatic heterocycles. The Kier molecular flexibility index (Phi) is 6.27. The molecule has 0 saturated carbocycles. The summed E-state index contributed by atoms with van der Waals surface area (Å²) >= 11 is 0. The van der Waals surface area contributed by atoms with E-state index in [-0.39, 0.29) is 21.9 Å². The van der Waals surface area contributed by atoms with Gasteiger partial charge in [-0.3, -0.25) is 9.52 Å². The minimum atomic E-state index is -3.99. The van der Waals surface area contributed by atoms with Crippen molar-refractivity contribution in [2.75, 3.05) is 47.8 Å². The highest BCUT2D eigenvalue weighted by atomic mass is 32.2. The highest BCUT2D eigenvalue weighted by molar-refractivity contribution is 7.92. The van der Waals surface area contributed by atoms with E-state index in [1.165, 1.54) is 37.7 Å². The van der Waals surface area contributed by atoms with Gasteiger partial charge in [-0.05, 0) is 30.3 Å². The molecule has 0 radical (unpaired) electrons. The Morgan fingerprint density at radius 1 is 1.03 bits per heavy atom. The number of primary amides is 1. The van der Waals surface area contributed by atoms with E-state index in [1.54, 1.807) is 6.20 Å². The van der Waals surface area contributed by atoms with Crippen molar-refractivity contribution in [1.29, 1.82) is 0 Å². The summed E-state index contributed by atoms with van der Waals surface area (Å²) in [4.78, 5) is 28.7. The van der Waals surface area contributed by atoms with Crippen LogP contribution in [0.25, 0.3) is 0 Å². The average molecular weight is 470 g/mol. The number of sulfonamides is 1. The molecule has 0 unspecified atom stereocenters. The first-order valence-corrected chi connectivity index (χ1v) is 11.6. The van der Waals surface area contributed by atoms with Crippen molar-refractivity contribution in [1.82, 2.24) is 15.0 Å². The lowest BCUT2D eigenvalue weighted by atomic mass is 10.2. The first-order chi connectivity index (χ1) is 15.9. The quantitative estimate of drug-likeness (QED) is 0.520. The number of pyridine rings is 1. The molecule has 1 aliphatic heterocycles. The van der Waals surface area contributed by atoms with E-state index < -0.39 is 15.9 Å². The average Bonchev–Trinajstić information content (AvgIpc) is 2.84. The number of nitrogens with one attached hydrogen (secondary N) is 1. The van der Waals surface area contributed by atoms with Gasteiger partial charge >= 0.3 is 0 Å². The van der Waals surface area contributed by atoms with Crippen LogP contribution in [-0.2, 0) is 10.0 Å². The van der Waals surface area contributed by atoms with Crippen LogP contribution in [0.1, 0.15) is 10.4 Å². The fraction of sp³-hybridized carbons (Fsp3) is 0.238. The summed E-state index contributed by atoms with van der Waals surface area (Å²) in [5.41, 5.74) is 5.48. The van der Waals surface area contributed by atoms with Crippen LogP contribution in [-0.4, -0.2) is 62.6 Å². The molecule has 1 aliphatic rings. The highest BCUT2D eigenvalue weighted by Gasteiger charge is 2.21. The van der Waals surface area contributed by atoms with Crippen molar-refractivity contribution in [3.8, 4) is 5.75 Å². The topological polar surface area (TPSA) is 144 Å². The molecular formula is C21H23N7O4S. The molecule has 33 heavy (non-hydrogen) atoms. The van der Waals surface area contributed by atoms with Gasteiger partial charge in [-0.2, -0.15) is 0 Å². The number of hydrogen-bond acceptors (Lipinski definition) is 9. The van der Waals surface area contributed by atoms with Gasteiger partial charge in [0, 0.05) is 32.4 Å². The monoisotopic (exact) mass is 469 g/mol. The number of methoxy groups -OCH3 is 1. The summed E-state index contributed by atoms with van der Waals surface area (Å²) in [5, 5.41) is 0. The normalized spacial score (nSPS) is 14.1. The predicted octanol–water partition coefficient (Wildman–Crippen LogP) is 1.11. The van der Waals surface area contributed by atoms with Crippen molar-refractivity contribution in [3.63, 3.8) is 0 Å². The van der Waals surface area contributed by atoms with Gasteiger partial charge in [0.25, 0.3) is 15.9 Å². The molecule has 0 aliphatic carbocycles. The molecule has 1 aromatic carbocycles. The number of carbonyl (C=O) groups is 1. The standard InChI is InChI=1S/C21H23N7O4S/c1-32-18-6-5-16(12-17(18)20(22)29)33(30,31)26-15-13-24-21(25-14-15)28-10-8-27(9-11-28)19-4-2-3-7-23-19/h2-7,12-14,26H,8-11H2,1H3,(H2,22,29). The Balaban J connectivity index is 1.42. The molecule has 0 atom stereocenters. The summed E-state index contributed by atoms with van der Waals surface area (Å²) in [5.74, 6) is 0.844. The van der Waals surface area contributed by atoms with Crippen LogP contribution in [0.4, 0.5) is 17.5 Å². The molecule has 11 nitrogen and oxygen atoms in total. The number of ether oxygens (including phenoxy) is 1. The van der Waals surface area contributed by atoms with Crippen LogP contribution in [0.3, 0.4) is 0 Å². The van der Waals surface area contributed by atoms with E-state index in [4.69, 9.17) is 10.5 Å². The molecule has 172 valence electrons. The maximum Gasteiger partial charge on any atom is 0.262 e. The minimum absolute atomic E-state index is 0.0307. The summed E-state index contributed by atoms with van der Waals surface area (Å²) in [6.45, 7) is 2.97. The number of piperazine rings is 1. The molecule has 1 saturated heterocycles. The smallest absolute Gasteiger partial charge is 0.262 e. The summed E-state index contributed by atoms with van der Waals surface area (Å²) in [6.07, 6.45) is 4.58. The van der Waals surface area contributed by atoms with E-state index in [2.05, 4.69) is 24.6 Å². The molecule has 12 heteroatoms. The second-order valence-corrected chi connectivity index (χ2v) is 8.95. The molecule has 3 heterocycles. The molecule has 4 rings (SSSR count). The van der Waals surface area contributed by atoms with Crippen LogP contribution in [0.5, 0.6) is 5.75 Å². The number of aromatic nitrogens is 3. The first-order valence-electron chi connectivity index (χ1n) is 10.1.